The van der Waals surface area contributed by atoms with Crippen molar-refractivity contribution >= 4 is 29.9 Å². The quantitative estimate of drug-likeness (QED) is 0.312. The Balaban J connectivity index is 0.00000264. The Labute approximate surface area is 158 Å². The zero-order valence-corrected chi connectivity index (χ0v) is 16.8. The van der Waals surface area contributed by atoms with Crippen molar-refractivity contribution in [2.24, 2.45) is 4.99 Å². The van der Waals surface area contributed by atoms with Crippen molar-refractivity contribution in [2.75, 3.05) is 40.3 Å². The Morgan fingerprint density at radius 2 is 1.83 bits per heavy atom. The zero-order valence-electron chi connectivity index (χ0n) is 14.5. The van der Waals surface area contributed by atoms with E-state index in [2.05, 4.69) is 44.4 Å². The van der Waals surface area contributed by atoms with Gasteiger partial charge in [-0.1, -0.05) is 30.3 Å². The second-order valence-corrected chi connectivity index (χ2v) is 6.20. The molecule has 0 spiro atoms. The zero-order chi connectivity index (χ0) is 15.6. The summed E-state index contributed by atoms with van der Waals surface area (Å²) < 4.78 is 0. The minimum absolute atomic E-state index is 0. The van der Waals surface area contributed by atoms with E-state index in [1.807, 2.05) is 20.2 Å². The molecule has 2 rings (SSSR count). The lowest BCUT2D eigenvalue weighted by molar-refractivity contribution is 0.330. The Morgan fingerprint density at radius 1 is 1.13 bits per heavy atom. The maximum absolute atomic E-state index is 4.69. The number of likely N-dealkylation sites (tertiary alicyclic amines) is 1. The molecule has 0 aliphatic carbocycles. The largest absolute Gasteiger partial charge is 0.356 e. The minimum atomic E-state index is 0. The topological polar surface area (TPSA) is 30.9 Å². The molecule has 1 N–H and O–H groups in total. The summed E-state index contributed by atoms with van der Waals surface area (Å²) in [7, 11) is 4.09. The fourth-order valence-corrected chi connectivity index (χ4v) is 2.77. The third kappa shape index (κ3) is 8.01. The molecule has 0 amide bonds. The van der Waals surface area contributed by atoms with Crippen molar-refractivity contribution in [3.05, 3.63) is 35.9 Å². The van der Waals surface area contributed by atoms with E-state index in [1.165, 1.54) is 50.9 Å². The van der Waals surface area contributed by atoms with Crippen LogP contribution in [0.3, 0.4) is 0 Å². The maximum atomic E-state index is 4.69. The first-order valence-corrected chi connectivity index (χ1v) is 8.47. The van der Waals surface area contributed by atoms with Crippen LogP contribution in [0.15, 0.2) is 35.3 Å². The van der Waals surface area contributed by atoms with Crippen LogP contribution >= 0.6 is 24.0 Å². The monoisotopic (exact) mass is 430 g/mol. The molecular formula is C18H31IN4. The normalized spacial score (nSPS) is 15.3. The van der Waals surface area contributed by atoms with Gasteiger partial charge < -0.3 is 15.1 Å². The molecule has 130 valence electrons. The highest BCUT2D eigenvalue weighted by Crippen LogP contribution is 2.08. The van der Waals surface area contributed by atoms with E-state index in [0.29, 0.717) is 0 Å². The predicted molar refractivity (Wildman–Crippen MR) is 110 cm³/mol. The number of guanidine groups is 1. The summed E-state index contributed by atoms with van der Waals surface area (Å²) in [5.74, 6) is 0.977. The number of aliphatic imine (C=N–C) groups is 1. The molecule has 1 aromatic rings. The molecule has 0 aromatic heterocycles. The maximum Gasteiger partial charge on any atom is 0.193 e. The predicted octanol–water partition coefficient (Wildman–Crippen LogP) is 3.19. The number of nitrogens with one attached hydrogen (secondary N) is 1. The van der Waals surface area contributed by atoms with Crippen LogP contribution < -0.4 is 5.32 Å². The highest BCUT2D eigenvalue weighted by Gasteiger charge is 2.10. The van der Waals surface area contributed by atoms with E-state index in [1.54, 1.807) is 0 Å². The van der Waals surface area contributed by atoms with E-state index >= 15 is 0 Å². The van der Waals surface area contributed by atoms with Crippen LogP contribution in [-0.4, -0.2) is 56.0 Å². The molecule has 1 fully saturated rings. The summed E-state index contributed by atoms with van der Waals surface area (Å²) in [6.45, 7) is 5.58. The van der Waals surface area contributed by atoms with E-state index in [-0.39, 0.29) is 24.0 Å². The molecule has 23 heavy (non-hydrogen) atoms. The van der Waals surface area contributed by atoms with E-state index in [4.69, 9.17) is 0 Å². The van der Waals surface area contributed by atoms with Crippen LogP contribution in [0.25, 0.3) is 0 Å². The van der Waals surface area contributed by atoms with E-state index < -0.39 is 0 Å². The van der Waals surface area contributed by atoms with Gasteiger partial charge in [0.2, 0.25) is 0 Å². The van der Waals surface area contributed by atoms with Crippen molar-refractivity contribution in [1.82, 2.24) is 15.1 Å². The van der Waals surface area contributed by atoms with Crippen LogP contribution in [0, 0.1) is 0 Å². The highest BCUT2D eigenvalue weighted by molar-refractivity contribution is 14.0. The lowest BCUT2D eigenvalue weighted by Gasteiger charge is -2.18. The summed E-state index contributed by atoms with van der Waals surface area (Å²) in [6.07, 6.45) is 5.24. The average molecular weight is 430 g/mol. The highest BCUT2D eigenvalue weighted by atomic mass is 127. The number of rotatable bonds is 7. The van der Waals surface area contributed by atoms with E-state index in [9.17, 15) is 0 Å². The van der Waals surface area contributed by atoms with Crippen LogP contribution in [0.4, 0.5) is 0 Å². The Hall–Kier alpha value is -0.820. The first kappa shape index (κ1) is 20.2. The molecule has 0 unspecified atom stereocenters. The number of benzene rings is 1. The molecule has 1 aromatic carbocycles. The fourth-order valence-electron chi connectivity index (χ4n) is 2.77. The Bertz CT molecular complexity index is 442. The Morgan fingerprint density at radius 3 is 2.48 bits per heavy atom. The first-order chi connectivity index (χ1) is 10.8. The summed E-state index contributed by atoms with van der Waals surface area (Å²) in [5, 5.41) is 3.47. The molecule has 5 heteroatoms. The van der Waals surface area contributed by atoms with Crippen molar-refractivity contribution in [3.8, 4) is 0 Å². The molecule has 1 heterocycles. The smallest absolute Gasteiger partial charge is 0.193 e. The SMILES string of the molecule is CN(C)C(=NCc1ccccc1)NCCCCN1CCCC1.I. The number of nitrogens with zero attached hydrogens (tertiary/aromatic N) is 3. The van der Waals surface area contributed by atoms with Crippen molar-refractivity contribution < 1.29 is 0 Å². The molecule has 1 aliphatic rings. The number of hydrogen-bond acceptors (Lipinski definition) is 2. The number of unbranched alkanes of at least 4 members (excludes halogenated alkanes) is 1. The van der Waals surface area contributed by atoms with Gasteiger partial charge in [-0.3, -0.25) is 0 Å². The fraction of sp³-hybridized carbons (Fsp3) is 0.611. The lowest BCUT2D eigenvalue weighted by atomic mass is 10.2. The summed E-state index contributed by atoms with van der Waals surface area (Å²) in [5.41, 5.74) is 1.25. The average Bonchev–Trinajstić information content (AvgIpc) is 3.04. The molecule has 4 nitrogen and oxygen atoms in total. The van der Waals surface area contributed by atoms with Gasteiger partial charge in [-0.25, -0.2) is 4.99 Å². The van der Waals surface area contributed by atoms with Gasteiger partial charge in [0.25, 0.3) is 0 Å². The number of halogens is 1. The molecule has 1 aliphatic heterocycles. The summed E-state index contributed by atoms with van der Waals surface area (Å²) in [6, 6.07) is 10.4. The van der Waals surface area contributed by atoms with Crippen LogP contribution in [0.1, 0.15) is 31.2 Å². The van der Waals surface area contributed by atoms with Gasteiger partial charge >= 0.3 is 0 Å². The van der Waals surface area contributed by atoms with Crippen LogP contribution in [-0.2, 0) is 6.54 Å². The van der Waals surface area contributed by atoms with Crippen molar-refractivity contribution in [2.45, 2.75) is 32.2 Å². The molecule has 0 atom stereocenters. The van der Waals surface area contributed by atoms with Gasteiger partial charge in [0.1, 0.15) is 0 Å². The van der Waals surface area contributed by atoms with Gasteiger partial charge in [0.15, 0.2) is 5.96 Å². The van der Waals surface area contributed by atoms with Gasteiger partial charge in [0, 0.05) is 20.6 Å². The lowest BCUT2D eigenvalue weighted by Crippen LogP contribution is -2.37. The summed E-state index contributed by atoms with van der Waals surface area (Å²) in [4.78, 5) is 9.33. The molecule has 0 bridgehead atoms. The molecular weight excluding hydrogens is 399 g/mol. The van der Waals surface area contributed by atoms with Crippen LogP contribution in [0.5, 0.6) is 0 Å². The third-order valence-corrected chi connectivity index (χ3v) is 4.06. The second kappa shape index (κ2) is 11.7. The summed E-state index contributed by atoms with van der Waals surface area (Å²) >= 11 is 0. The molecule has 0 radical (unpaired) electrons. The first-order valence-electron chi connectivity index (χ1n) is 8.47. The van der Waals surface area contributed by atoms with Gasteiger partial charge in [-0.2, -0.15) is 0 Å². The third-order valence-electron chi connectivity index (χ3n) is 4.06. The van der Waals surface area contributed by atoms with E-state index in [0.717, 1.165) is 19.0 Å². The van der Waals surface area contributed by atoms with Gasteiger partial charge in [-0.15, -0.1) is 24.0 Å². The second-order valence-electron chi connectivity index (χ2n) is 6.20. The molecule has 1 saturated heterocycles. The standard InChI is InChI=1S/C18H30N4.HI/c1-21(2)18(20-16-17-10-4-3-5-11-17)19-12-6-7-13-22-14-8-9-15-22;/h3-5,10-11H,6-9,12-16H2,1-2H3,(H,19,20);1H. The minimum Gasteiger partial charge on any atom is -0.356 e. The van der Waals surface area contributed by atoms with Gasteiger partial charge in [-0.05, 0) is 50.9 Å². The van der Waals surface area contributed by atoms with Crippen molar-refractivity contribution in [3.63, 3.8) is 0 Å². The van der Waals surface area contributed by atoms with Crippen LogP contribution in [0.2, 0.25) is 0 Å². The molecule has 0 saturated carbocycles. The number of hydrogen-bond donors (Lipinski definition) is 1. The van der Waals surface area contributed by atoms with Crippen molar-refractivity contribution in [1.29, 1.82) is 0 Å². The van der Waals surface area contributed by atoms with Gasteiger partial charge in [0.05, 0.1) is 6.54 Å². The Kier molecular flexibility index (Phi) is 10.3.